The van der Waals surface area contributed by atoms with Crippen LogP contribution < -0.4 is 10.6 Å². The van der Waals surface area contributed by atoms with Crippen LogP contribution in [0, 0.1) is 0 Å². The Bertz CT molecular complexity index is 1050. The molecule has 0 aliphatic carbocycles. The van der Waals surface area contributed by atoms with Gasteiger partial charge in [0.1, 0.15) is 5.15 Å². The Morgan fingerprint density at radius 2 is 1.64 bits per heavy atom. The highest BCUT2D eigenvalue weighted by Crippen LogP contribution is 2.18. The van der Waals surface area contributed by atoms with Gasteiger partial charge in [0, 0.05) is 23.7 Å². The van der Waals surface area contributed by atoms with E-state index in [0.717, 1.165) is 5.39 Å². The summed E-state index contributed by atoms with van der Waals surface area (Å²) in [6.45, 7) is 0.981. The van der Waals surface area contributed by atoms with Crippen molar-refractivity contribution in [1.82, 2.24) is 4.98 Å². The molecule has 0 atom stereocenters. The van der Waals surface area contributed by atoms with E-state index in [1.54, 1.807) is 54.6 Å². The van der Waals surface area contributed by atoms with Crippen molar-refractivity contribution >= 4 is 51.7 Å². The molecule has 1 heterocycles. The Kier molecular flexibility index (Phi) is 5.86. The van der Waals surface area contributed by atoms with Gasteiger partial charge in [-0.05, 0) is 54.6 Å². The van der Waals surface area contributed by atoms with Crippen LogP contribution in [0.1, 0.15) is 17.3 Å². The summed E-state index contributed by atoms with van der Waals surface area (Å²) in [5.74, 6) is -1.28. The van der Waals surface area contributed by atoms with Crippen molar-refractivity contribution in [3.8, 4) is 0 Å². The highest BCUT2D eigenvalue weighted by Gasteiger charge is 2.11. The fraction of sp³-hybridized carbons (Fsp3) is 0.100. The van der Waals surface area contributed by atoms with Crippen LogP contribution in [0.2, 0.25) is 5.15 Å². The molecule has 0 bridgehead atoms. The average Bonchev–Trinajstić information content (AvgIpc) is 2.67. The third-order valence-corrected chi connectivity index (χ3v) is 3.92. The average molecular weight is 398 g/mol. The number of fused-ring (bicyclic) bond motifs is 1. The maximum atomic E-state index is 12.2. The van der Waals surface area contributed by atoms with Crippen molar-refractivity contribution in [2.75, 3.05) is 17.2 Å². The minimum absolute atomic E-state index is 0.184. The quantitative estimate of drug-likeness (QED) is 0.506. The zero-order valence-corrected chi connectivity index (χ0v) is 15.6. The Hall–Kier alpha value is -3.45. The maximum absolute atomic E-state index is 12.2. The van der Waals surface area contributed by atoms with Gasteiger partial charge in [0.15, 0.2) is 6.61 Å². The number of carbonyl (C=O) groups is 3. The lowest BCUT2D eigenvalue weighted by Gasteiger charge is -2.08. The van der Waals surface area contributed by atoms with Crippen LogP contribution in [-0.4, -0.2) is 29.4 Å². The van der Waals surface area contributed by atoms with E-state index >= 15 is 0 Å². The number of ether oxygens (including phenoxy) is 1. The van der Waals surface area contributed by atoms with Gasteiger partial charge in [-0.2, -0.15) is 0 Å². The van der Waals surface area contributed by atoms with E-state index in [-0.39, 0.29) is 5.91 Å². The summed E-state index contributed by atoms with van der Waals surface area (Å²) in [5.41, 5.74) is 2.10. The first kappa shape index (κ1) is 19.3. The number of hydrogen-bond acceptors (Lipinski definition) is 5. The molecule has 142 valence electrons. The molecule has 0 aliphatic rings. The third-order valence-electron chi connectivity index (χ3n) is 3.71. The molecule has 0 radical (unpaired) electrons. The second-order valence-electron chi connectivity index (χ2n) is 5.92. The Morgan fingerprint density at radius 3 is 2.32 bits per heavy atom. The molecule has 0 fully saturated rings. The number of carbonyl (C=O) groups excluding carboxylic acids is 3. The number of hydrogen-bond donors (Lipinski definition) is 2. The second-order valence-corrected chi connectivity index (χ2v) is 6.31. The standard InChI is InChI=1S/C20H16ClN3O4/c1-12(25)22-15-4-6-16(7-5-15)23-19(26)11-28-20(27)14-2-8-17-13(10-14)3-9-18(21)24-17/h2-10H,11H2,1H3,(H,22,25)(H,23,26). The molecular weight excluding hydrogens is 382 g/mol. The van der Waals surface area contributed by atoms with Gasteiger partial charge in [0.25, 0.3) is 5.91 Å². The summed E-state index contributed by atoms with van der Waals surface area (Å²) in [7, 11) is 0. The summed E-state index contributed by atoms with van der Waals surface area (Å²) in [5, 5.41) is 6.34. The monoisotopic (exact) mass is 397 g/mol. The first-order chi connectivity index (χ1) is 13.4. The van der Waals surface area contributed by atoms with Crippen molar-refractivity contribution in [2.24, 2.45) is 0 Å². The van der Waals surface area contributed by atoms with E-state index in [2.05, 4.69) is 15.6 Å². The van der Waals surface area contributed by atoms with Crippen molar-refractivity contribution in [2.45, 2.75) is 6.92 Å². The van der Waals surface area contributed by atoms with Crippen LogP contribution >= 0.6 is 11.6 Å². The van der Waals surface area contributed by atoms with E-state index < -0.39 is 18.5 Å². The SMILES string of the molecule is CC(=O)Nc1ccc(NC(=O)COC(=O)c2ccc3nc(Cl)ccc3c2)cc1. The zero-order valence-electron chi connectivity index (χ0n) is 14.9. The molecule has 2 aromatic carbocycles. The number of nitrogens with zero attached hydrogens (tertiary/aromatic N) is 1. The van der Waals surface area contributed by atoms with Crippen molar-refractivity contribution in [3.05, 3.63) is 65.3 Å². The molecule has 2 N–H and O–H groups in total. The van der Waals surface area contributed by atoms with Gasteiger partial charge in [0.05, 0.1) is 11.1 Å². The molecule has 0 saturated carbocycles. The van der Waals surface area contributed by atoms with E-state index in [4.69, 9.17) is 16.3 Å². The molecule has 3 aromatic rings. The number of esters is 1. The summed E-state index contributed by atoms with van der Waals surface area (Å²) < 4.78 is 5.06. The van der Waals surface area contributed by atoms with E-state index in [0.29, 0.717) is 27.6 Å². The van der Waals surface area contributed by atoms with Crippen LogP contribution in [0.3, 0.4) is 0 Å². The summed E-state index contributed by atoms with van der Waals surface area (Å²) in [6.07, 6.45) is 0. The normalized spacial score (nSPS) is 10.4. The molecule has 8 heteroatoms. The molecule has 2 amide bonds. The van der Waals surface area contributed by atoms with Crippen LogP contribution in [0.5, 0.6) is 0 Å². The largest absolute Gasteiger partial charge is 0.452 e. The van der Waals surface area contributed by atoms with Crippen molar-refractivity contribution in [1.29, 1.82) is 0 Å². The summed E-state index contributed by atoms with van der Waals surface area (Å²) >= 11 is 5.84. The Balaban J connectivity index is 1.56. The topological polar surface area (TPSA) is 97.4 Å². The molecule has 7 nitrogen and oxygen atoms in total. The molecule has 0 unspecified atom stereocenters. The number of halogens is 1. The van der Waals surface area contributed by atoms with E-state index in [1.165, 1.54) is 6.92 Å². The minimum atomic E-state index is -0.618. The smallest absolute Gasteiger partial charge is 0.338 e. The summed E-state index contributed by atoms with van der Waals surface area (Å²) in [4.78, 5) is 39.3. The lowest BCUT2D eigenvalue weighted by Crippen LogP contribution is -2.21. The molecule has 0 aliphatic heterocycles. The predicted octanol–water partition coefficient (Wildman–Crippen LogP) is 3.64. The fourth-order valence-electron chi connectivity index (χ4n) is 2.48. The Morgan fingerprint density at radius 1 is 0.964 bits per heavy atom. The first-order valence-corrected chi connectivity index (χ1v) is 8.69. The third kappa shape index (κ3) is 5.05. The van der Waals surface area contributed by atoms with Crippen LogP contribution in [0.25, 0.3) is 10.9 Å². The number of pyridine rings is 1. The number of anilines is 2. The second kappa shape index (κ2) is 8.49. The van der Waals surface area contributed by atoms with Crippen LogP contribution in [-0.2, 0) is 14.3 Å². The highest BCUT2D eigenvalue weighted by molar-refractivity contribution is 6.29. The van der Waals surface area contributed by atoms with Gasteiger partial charge in [-0.1, -0.05) is 11.6 Å². The van der Waals surface area contributed by atoms with Crippen molar-refractivity contribution < 1.29 is 19.1 Å². The molecule has 28 heavy (non-hydrogen) atoms. The summed E-state index contributed by atoms with van der Waals surface area (Å²) in [6, 6.07) is 14.8. The van der Waals surface area contributed by atoms with Gasteiger partial charge in [-0.25, -0.2) is 9.78 Å². The number of rotatable bonds is 5. The fourth-order valence-corrected chi connectivity index (χ4v) is 2.63. The van der Waals surface area contributed by atoms with Gasteiger partial charge in [-0.3, -0.25) is 9.59 Å². The molecule has 1 aromatic heterocycles. The van der Waals surface area contributed by atoms with Gasteiger partial charge >= 0.3 is 5.97 Å². The van der Waals surface area contributed by atoms with Crippen molar-refractivity contribution in [3.63, 3.8) is 0 Å². The highest BCUT2D eigenvalue weighted by atomic mass is 35.5. The molecule has 0 saturated heterocycles. The number of aromatic nitrogens is 1. The van der Waals surface area contributed by atoms with Crippen LogP contribution in [0.4, 0.5) is 11.4 Å². The number of benzene rings is 2. The van der Waals surface area contributed by atoms with Crippen LogP contribution in [0.15, 0.2) is 54.6 Å². The molecule has 0 spiro atoms. The first-order valence-electron chi connectivity index (χ1n) is 8.32. The number of amides is 2. The lowest BCUT2D eigenvalue weighted by atomic mass is 10.1. The zero-order chi connectivity index (χ0) is 20.1. The predicted molar refractivity (Wildman–Crippen MR) is 106 cm³/mol. The minimum Gasteiger partial charge on any atom is -0.452 e. The molecule has 3 rings (SSSR count). The molecular formula is C20H16ClN3O4. The Labute approximate surface area is 165 Å². The lowest BCUT2D eigenvalue weighted by molar-refractivity contribution is -0.119. The van der Waals surface area contributed by atoms with E-state index in [1.807, 2.05) is 0 Å². The number of nitrogens with one attached hydrogen (secondary N) is 2. The van der Waals surface area contributed by atoms with Gasteiger partial charge in [0.2, 0.25) is 5.91 Å². The van der Waals surface area contributed by atoms with Gasteiger partial charge < -0.3 is 15.4 Å². The van der Waals surface area contributed by atoms with E-state index in [9.17, 15) is 14.4 Å². The van der Waals surface area contributed by atoms with Gasteiger partial charge in [-0.15, -0.1) is 0 Å². The maximum Gasteiger partial charge on any atom is 0.338 e.